The lowest BCUT2D eigenvalue weighted by molar-refractivity contribution is -0.123. The van der Waals surface area contributed by atoms with Gasteiger partial charge in [0.25, 0.3) is 5.91 Å². The molecule has 0 bridgehead atoms. The first kappa shape index (κ1) is 16.5. The lowest BCUT2D eigenvalue weighted by Gasteiger charge is -2.25. The fourth-order valence-electron chi connectivity index (χ4n) is 2.28. The number of hydrazone groups is 1. The Balaban J connectivity index is 1.78. The molecule has 1 N–H and O–H groups in total. The SMILES string of the molecule is CCN(CC)c1ccc(/C=N/NC(=O)CN2CCOCC2)o1. The van der Waals surface area contributed by atoms with Crippen LogP contribution in [-0.4, -0.2) is 63.0 Å². The molecule has 22 heavy (non-hydrogen) atoms. The molecule has 1 aliphatic heterocycles. The molecular formula is C15H24N4O3. The van der Waals surface area contributed by atoms with Crippen molar-refractivity contribution in [3.63, 3.8) is 0 Å². The highest BCUT2D eigenvalue weighted by molar-refractivity contribution is 5.81. The van der Waals surface area contributed by atoms with Crippen molar-refractivity contribution in [1.82, 2.24) is 10.3 Å². The van der Waals surface area contributed by atoms with Gasteiger partial charge in [-0.1, -0.05) is 0 Å². The normalized spacial score (nSPS) is 16.1. The molecule has 2 heterocycles. The van der Waals surface area contributed by atoms with Crippen LogP contribution in [0.2, 0.25) is 0 Å². The van der Waals surface area contributed by atoms with E-state index in [0.29, 0.717) is 25.5 Å². The number of ether oxygens (including phenoxy) is 1. The Labute approximate surface area is 130 Å². The van der Waals surface area contributed by atoms with Crippen LogP contribution in [0.3, 0.4) is 0 Å². The summed E-state index contributed by atoms with van der Waals surface area (Å²) in [5, 5.41) is 3.94. The molecule has 122 valence electrons. The predicted octanol–water partition coefficient (Wildman–Crippen LogP) is 0.908. The van der Waals surface area contributed by atoms with E-state index in [1.807, 2.05) is 17.0 Å². The van der Waals surface area contributed by atoms with E-state index >= 15 is 0 Å². The maximum Gasteiger partial charge on any atom is 0.254 e. The Hall–Kier alpha value is -1.86. The second-order valence-corrected chi connectivity index (χ2v) is 5.03. The van der Waals surface area contributed by atoms with Crippen molar-refractivity contribution in [1.29, 1.82) is 0 Å². The lowest BCUT2D eigenvalue weighted by atomic mass is 10.4. The van der Waals surface area contributed by atoms with Gasteiger partial charge in [0, 0.05) is 32.2 Å². The fraction of sp³-hybridized carbons (Fsp3) is 0.600. The van der Waals surface area contributed by atoms with Gasteiger partial charge in [0.1, 0.15) is 5.76 Å². The van der Waals surface area contributed by atoms with Gasteiger partial charge in [0.15, 0.2) is 5.88 Å². The molecule has 2 rings (SSSR count). The van der Waals surface area contributed by atoms with Gasteiger partial charge in [0.2, 0.25) is 0 Å². The van der Waals surface area contributed by atoms with Gasteiger partial charge in [-0.2, -0.15) is 5.10 Å². The number of carbonyl (C=O) groups is 1. The van der Waals surface area contributed by atoms with E-state index in [-0.39, 0.29) is 5.91 Å². The first-order valence-corrected chi connectivity index (χ1v) is 7.69. The summed E-state index contributed by atoms with van der Waals surface area (Å²) in [5.74, 6) is 1.30. The maximum atomic E-state index is 11.8. The highest BCUT2D eigenvalue weighted by Gasteiger charge is 2.13. The van der Waals surface area contributed by atoms with Crippen molar-refractivity contribution in [2.45, 2.75) is 13.8 Å². The monoisotopic (exact) mass is 308 g/mol. The van der Waals surface area contributed by atoms with E-state index in [1.54, 1.807) is 0 Å². The summed E-state index contributed by atoms with van der Waals surface area (Å²) in [6.45, 7) is 9.17. The molecule has 7 heteroatoms. The summed E-state index contributed by atoms with van der Waals surface area (Å²) in [6, 6.07) is 3.75. The van der Waals surface area contributed by atoms with Gasteiger partial charge in [-0.05, 0) is 19.9 Å². The van der Waals surface area contributed by atoms with Crippen LogP contribution in [0.4, 0.5) is 5.88 Å². The van der Waals surface area contributed by atoms with E-state index in [4.69, 9.17) is 9.15 Å². The first-order valence-electron chi connectivity index (χ1n) is 7.69. The van der Waals surface area contributed by atoms with Gasteiger partial charge in [-0.3, -0.25) is 9.69 Å². The molecule has 0 aromatic carbocycles. The molecule has 1 amide bonds. The Kier molecular flexibility index (Phi) is 6.42. The molecule has 1 aromatic heterocycles. The van der Waals surface area contributed by atoms with Crippen LogP contribution in [0.5, 0.6) is 0 Å². The molecule has 0 unspecified atom stereocenters. The van der Waals surface area contributed by atoms with Crippen molar-refractivity contribution in [2.24, 2.45) is 5.10 Å². The summed E-state index contributed by atoms with van der Waals surface area (Å²) < 4.78 is 10.9. The van der Waals surface area contributed by atoms with E-state index in [0.717, 1.165) is 32.1 Å². The zero-order chi connectivity index (χ0) is 15.8. The average Bonchev–Trinajstić information content (AvgIpc) is 2.98. The zero-order valence-electron chi connectivity index (χ0n) is 13.2. The number of carbonyl (C=O) groups excluding carboxylic acids is 1. The number of morpholine rings is 1. The van der Waals surface area contributed by atoms with E-state index in [9.17, 15) is 4.79 Å². The van der Waals surface area contributed by atoms with Crippen LogP contribution >= 0.6 is 0 Å². The third-order valence-electron chi connectivity index (χ3n) is 3.54. The number of nitrogens with one attached hydrogen (secondary N) is 1. The van der Waals surface area contributed by atoms with Crippen LogP contribution < -0.4 is 10.3 Å². The maximum absolute atomic E-state index is 11.8. The van der Waals surface area contributed by atoms with Crippen molar-refractivity contribution >= 4 is 18.0 Å². The molecular weight excluding hydrogens is 284 g/mol. The minimum absolute atomic E-state index is 0.131. The Morgan fingerprint density at radius 3 is 2.77 bits per heavy atom. The van der Waals surface area contributed by atoms with E-state index < -0.39 is 0 Å². The van der Waals surface area contributed by atoms with Crippen LogP contribution in [0.25, 0.3) is 0 Å². The molecule has 1 aliphatic rings. The second-order valence-electron chi connectivity index (χ2n) is 5.03. The number of anilines is 1. The van der Waals surface area contributed by atoms with Crippen LogP contribution in [-0.2, 0) is 9.53 Å². The number of hydrogen-bond acceptors (Lipinski definition) is 6. The van der Waals surface area contributed by atoms with Crippen LogP contribution in [0, 0.1) is 0 Å². The third kappa shape index (κ3) is 4.85. The Morgan fingerprint density at radius 2 is 2.09 bits per heavy atom. The number of hydrogen-bond donors (Lipinski definition) is 1. The average molecular weight is 308 g/mol. The Morgan fingerprint density at radius 1 is 1.36 bits per heavy atom. The summed E-state index contributed by atoms with van der Waals surface area (Å²) in [6.07, 6.45) is 1.52. The van der Waals surface area contributed by atoms with Gasteiger partial charge < -0.3 is 14.1 Å². The summed E-state index contributed by atoms with van der Waals surface area (Å²) in [5.41, 5.74) is 2.52. The standard InChI is InChI=1S/C15H24N4O3/c1-3-19(4-2)15-6-5-13(22-15)11-16-17-14(20)12-18-7-9-21-10-8-18/h5-6,11H,3-4,7-10,12H2,1-2H3,(H,17,20)/b16-11+. The molecule has 0 aliphatic carbocycles. The van der Waals surface area contributed by atoms with Gasteiger partial charge in [-0.15, -0.1) is 0 Å². The lowest BCUT2D eigenvalue weighted by Crippen LogP contribution is -2.42. The molecule has 0 saturated carbocycles. The second kappa shape index (κ2) is 8.55. The summed E-state index contributed by atoms with van der Waals surface area (Å²) >= 11 is 0. The quantitative estimate of drug-likeness (QED) is 0.599. The predicted molar refractivity (Wildman–Crippen MR) is 85.3 cm³/mol. The highest BCUT2D eigenvalue weighted by atomic mass is 16.5. The van der Waals surface area contributed by atoms with Crippen molar-refractivity contribution in [2.75, 3.05) is 50.8 Å². The highest BCUT2D eigenvalue weighted by Crippen LogP contribution is 2.16. The molecule has 1 aromatic rings. The van der Waals surface area contributed by atoms with Crippen molar-refractivity contribution in [3.8, 4) is 0 Å². The van der Waals surface area contributed by atoms with Crippen LogP contribution in [0.15, 0.2) is 21.7 Å². The number of rotatable bonds is 7. The Bertz CT molecular complexity index is 491. The van der Waals surface area contributed by atoms with Crippen LogP contribution in [0.1, 0.15) is 19.6 Å². The fourth-order valence-corrected chi connectivity index (χ4v) is 2.28. The molecule has 0 radical (unpaired) electrons. The summed E-state index contributed by atoms with van der Waals surface area (Å²) in [4.78, 5) is 15.9. The smallest absolute Gasteiger partial charge is 0.254 e. The topological polar surface area (TPSA) is 70.3 Å². The minimum Gasteiger partial charge on any atom is -0.440 e. The van der Waals surface area contributed by atoms with E-state index in [1.165, 1.54) is 6.21 Å². The van der Waals surface area contributed by atoms with Crippen molar-refractivity contribution in [3.05, 3.63) is 17.9 Å². The third-order valence-corrected chi connectivity index (χ3v) is 3.54. The van der Waals surface area contributed by atoms with E-state index in [2.05, 4.69) is 29.3 Å². The number of furan rings is 1. The molecule has 0 spiro atoms. The minimum atomic E-state index is -0.131. The molecule has 0 atom stereocenters. The van der Waals surface area contributed by atoms with Gasteiger partial charge in [-0.25, -0.2) is 5.43 Å². The number of nitrogens with zero attached hydrogens (tertiary/aromatic N) is 3. The molecule has 1 saturated heterocycles. The molecule has 7 nitrogen and oxygen atoms in total. The zero-order valence-corrected chi connectivity index (χ0v) is 13.2. The summed E-state index contributed by atoms with van der Waals surface area (Å²) in [7, 11) is 0. The molecule has 1 fully saturated rings. The van der Waals surface area contributed by atoms with Gasteiger partial charge >= 0.3 is 0 Å². The first-order chi connectivity index (χ1) is 10.7. The largest absolute Gasteiger partial charge is 0.440 e. The number of amides is 1. The van der Waals surface area contributed by atoms with Gasteiger partial charge in [0.05, 0.1) is 26.0 Å². The van der Waals surface area contributed by atoms with Crippen molar-refractivity contribution < 1.29 is 13.9 Å².